The van der Waals surface area contributed by atoms with Crippen LogP contribution in [0.3, 0.4) is 0 Å². The summed E-state index contributed by atoms with van der Waals surface area (Å²) in [6.07, 6.45) is 3.41. The summed E-state index contributed by atoms with van der Waals surface area (Å²) in [5.41, 5.74) is 3.01. The maximum Gasteiger partial charge on any atom is 0.270 e. The maximum atomic E-state index is 13.9. The molecular weight excluding hydrogens is 462 g/mol. The van der Waals surface area contributed by atoms with E-state index >= 15 is 0 Å². The fraction of sp³-hybridized carbons (Fsp3) is 0.464. The molecule has 6 rings (SSSR count). The number of fused-ring (bicyclic) bond motifs is 3. The van der Waals surface area contributed by atoms with E-state index in [0.717, 1.165) is 53.0 Å². The molecule has 1 atom stereocenters. The summed E-state index contributed by atoms with van der Waals surface area (Å²) in [5.74, 6) is -2.14. The van der Waals surface area contributed by atoms with E-state index in [1.807, 2.05) is 24.8 Å². The number of aryl methyl sites for hydroxylation is 1. The largest absolute Gasteiger partial charge is 0.381 e. The van der Waals surface area contributed by atoms with Crippen LogP contribution in [-0.2, 0) is 20.9 Å². The molecule has 3 aliphatic rings. The van der Waals surface area contributed by atoms with Crippen LogP contribution in [-0.4, -0.2) is 35.4 Å². The van der Waals surface area contributed by atoms with E-state index in [1.165, 1.54) is 12.1 Å². The third-order valence-electron chi connectivity index (χ3n) is 7.99. The smallest absolute Gasteiger partial charge is 0.270 e. The van der Waals surface area contributed by atoms with Crippen LogP contribution in [0.4, 0.5) is 20.3 Å². The SMILES string of the molecule is Cc1nnc(N[C@H](C)c2cccc(C(C)(F)F)c2)c2cc3c(cc12)C1(CCOCC1)C(=O)N3C1CC1. The Morgan fingerprint density at radius 1 is 1.14 bits per heavy atom. The first-order chi connectivity index (χ1) is 17.2. The molecule has 6 nitrogen and oxygen atoms in total. The van der Waals surface area contributed by atoms with Crippen molar-refractivity contribution in [2.75, 3.05) is 23.4 Å². The van der Waals surface area contributed by atoms with Crippen LogP contribution in [0.25, 0.3) is 10.8 Å². The van der Waals surface area contributed by atoms with E-state index in [-0.39, 0.29) is 23.6 Å². The number of aromatic nitrogens is 2. The lowest BCUT2D eigenvalue weighted by Crippen LogP contribution is -2.44. The molecule has 0 radical (unpaired) electrons. The average Bonchev–Trinajstić information content (AvgIpc) is 3.67. The Bertz CT molecular complexity index is 1360. The average molecular weight is 493 g/mol. The van der Waals surface area contributed by atoms with Gasteiger partial charge in [0, 0.05) is 48.2 Å². The van der Waals surface area contributed by atoms with E-state index in [2.05, 4.69) is 27.6 Å². The van der Waals surface area contributed by atoms with Crippen molar-refractivity contribution in [2.24, 2.45) is 0 Å². The lowest BCUT2D eigenvalue weighted by molar-refractivity contribution is -0.126. The molecule has 1 amide bonds. The molecule has 2 aliphatic heterocycles. The molecule has 1 aromatic heterocycles. The zero-order chi connectivity index (χ0) is 25.2. The number of amides is 1. The Kier molecular flexibility index (Phi) is 5.30. The van der Waals surface area contributed by atoms with Gasteiger partial charge in [-0.1, -0.05) is 18.2 Å². The molecule has 2 aromatic carbocycles. The molecule has 36 heavy (non-hydrogen) atoms. The molecule has 3 aromatic rings. The standard InChI is InChI=1S/C28H30F2N4O2/c1-16(18-5-4-6-19(13-18)27(3,29)30)31-25-22-15-24-23(14-21(22)17(2)32-33-25)28(9-11-36-12-10-28)26(35)34(24)20-7-8-20/h4-6,13-16,20H,7-12H2,1-3H3,(H,31,33)/t16-/m1/s1. The van der Waals surface area contributed by atoms with Crippen LogP contribution in [0.2, 0.25) is 0 Å². The van der Waals surface area contributed by atoms with Crippen molar-refractivity contribution in [1.29, 1.82) is 0 Å². The summed E-state index contributed by atoms with van der Waals surface area (Å²) in [4.78, 5) is 15.8. The van der Waals surface area contributed by atoms with E-state index < -0.39 is 11.3 Å². The highest BCUT2D eigenvalue weighted by Crippen LogP contribution is 2.52. The first-order valence-corrected chi connectivity index (χ1v) is 12.7. The molecule has 2 fully saturated rings. The van der Waals surface area contributed by atoms with Gasteiger partial charge in [0.2, 0.25) is 5.91 Å². The van der Waals surface area contributed by atoms with Gasteiger partial charge in [0.25, 0.3) is 5.92 Å². The number of rotatable bonds is 5. The highest BCUT2D eigenvalue weighted by Gasteiger charge is 2.54. The minimum absolute atomic E-state index is 0.0216. The summed E-state index contributed by atoms with van der Waals surface area (Å²) in [6, 6.07) is 10.6. The van der Waals surface area contributed by atoms with Gasteiger partial charge in [0.15, 0.2) is 5.82 Å². The van der Waals surface area contributed by atoms with Gasteiger partial charge in [0.05, 0.1) is 17.2 Å². The first kappa shape index (κ1) is 23.3. The number of ether oxygens (including phenoxy) is 1. The molecule has 3 heterocycles. The monoisotopic (exact) mass is 492 g/mol. The summed E-state index contributed by atoms with van der Waals surface area (Å²) in [6.45, 7) is 5.91. The van der Waals surface area contributed by atoms with E-state index in [9.17, 15) is 13.6 Å². The predicted molar refractivity (Wildman–Crippen MR) is 135 cm³/mol. The van der Waals surface area contributed by atoms with Gasteiger partial charge in [-0.3, -0.25) is 4.79 Å². The van der Waals surface area contributed by atoms with Gasteiger partial charge >= 0.3 is 0 Å². The van der Waals surface area contributed by atoms with Crippen molar-refractivity contribution < 1.29 is 18.3 Å². The van der Waals surface area contributed by atoms with Crippen LogP contribution in [0.1, 0.15) is 68.0 Å². The number of nitrogens with one attached hydrogen (secondary N) is 1. The van der Waals surface area contributed by atoms with Gasteiger partial charge in [-0.05, 0) is 68.9 Å². The number of hydrogen-bond acceptors (Lipinski definition) is 5. The normalized spacial score (nSPS) is 20.1. The van der Waals surface area contributed by atoms with E-state index in [0.29, 0.717) is 31.9 Å². The fourth-order valence-electron chi connectivity index (χ4n) is 5.73. The number of carbonyl (C=O) groups is 1. The molecule has 1 spiro atoms. The lowest BCUT2D eigenvalue weighted by atomic mass is 9.74. The number of anilines is 2. The summed E-state index contributed by atoms with van der Waals surface area (Å²) < 4.78 is 33.4. The van der Waals surface area contributed by atoms with Crippen molar-refractivity contribution in [3.63, 3.8) is 0 Å². The molecule has 1 saturated carbocycles. The summed E-state index contributed by atoms with van der Waals surface area (Å²) in [5, 5.41) is 14.1. The number of carbonyl (C=O) groups excluding carboxylic acids is 1. The predicted octanol–water partition coefficient (Wildman–Crippen LogP) is 5.78. The minimum Gasteiger partial charge on any atom is -0.381 e. The van der Waals surface area contributed by atoms with Crippen LogP contribution in [0.5, 0.6) is 0 Å². The van der Waals surface area contributed by atoms with Gasteiger partial charge in [-0.15, -0.1) is 5.10 Å². The molecule has 188 valence electrons. The molecule has 1 aliphatic carbocycles. The van der Waals surface area contributed by atoms with Crippen molar-refractivity contribution in [3.05, 3.63) is 58.8 Å². The summed E-state index contributed by atoms with van der Waals surface area (Å²) >= 11 is 0. The number of halogens is 2. The Morgan fingerprint density at radius 3 is 2.58 bits per heavy atom. The van der Waals surface area contributed by atoms with Crippen LogP contribution in [0, 0.1) is 6.92 Å². The minimum atomic E-state index is -2.91. The number of benzene rings is 2. The number of hydrogen-bond donors (Lipinski definition) is 1. The highest BCUT2D eigenvalue weighted by molar-refractivity contribution is 6.12. The molecule has 0 bridgehead atoms. The van der Waals surface area contributed by atoms with Gasteiger partial charge < -0.3 is 15.0 Å². The van der Waals surface area contributed by atoms with Gasteiger partial charge in [-0.25, -0.2) is 8.78 Å². The second-order valence-corrected chi connectivity index (χ2v) is 10.5. The number of alkyl halides is 2. The van der Waals surface area contributed by atoms with E-state index in [4.69, 9.17) is 4.74 Å². The number of nitrogens with zero attached hydrogens (tertiary/aromatic N) is 3. The second-order valence-electron chi connectivity index (χ2n) is 10.5. The van der Waals surface area contributed by atoms with Crippen molar-refractivity contribution >= 4 is 28.2 Å². The Balaban J connectivity index is 1.44. The lowest BCUT2D eigenvalue weighted by Gasteiger charge is -2.32. The van der Waals surface area contributed by atoms with Crippen LogP contribution < -0.4 is 10.2 Å². The quantitative estimate of drug-likeness (QED) is 0.489. The van der Waals surface area contributed by atoms with Crippen molar-refractivity contribution in [2.45, 2.75) is 69.9 Å². The zero-order valence-electron chi connectivity index (χ0n) is 20.8. The Morgan fingerprint density at radius 2 is 1.89 bits per heavy atom. The third kappa shape index (κ3) is 3.65. The molecule has 1 saturated heterocycles. The molecule has 0 unspecified atom stereocenters. The summed E-state index contributed by atoms with van der Waals surface area (Å²) in [7, 11) is 0. The Hall–Kier alpha value is -3.13. The van der Waals surface area contributed by atoms with Crippen LogP contribution >= 0.6 is 0 Å². The molecule has 1 N–H and O–H groups in total. The van der Waals surface area contributed by atoms with Crippen molar-refractivity contribution in [3.8, 4) is 0 Å². The fourth-order valence-corrected chi connectivity index (χ4v) is 5.73. The maximum absolute atomic E-state index is 13.9. The first-order valence-electron chi connectivity index (χ1n) is 12.7. The molecule has 8 heteroatoms. The van der Waals surface area contributed by atoms with Gasteiger partial charge in [0.1, 0.15) is 0 Å². The topological polar surface area (TPSA) is 67.4 Å². The van der Waals surface area contributed by atoms with Crippen LogP contribution in [0.15, 0.2) is 36.4 Å². The highest BCUT2D eigenvalue weighted by atomic mass is 19.3. The van der Waals surface area contributed by atoms with Crippen molar-refractivity contribution in [1.82, 2.24) is 10.2 Å². The van der Waals surface area contributed by atoms with Gasteiger partial charge in [-0.2, -0.15) is 5.10 Å². The zero-order valence-corrected chi connectivity index (χ0v) is 20.8. The third-order valence-corrected chi connectivity index (χ3v) is 7.99. The second kappa shape index (κ2) is 8.20. The van der Waals surface area contributed by atoms with E-state index in [1.54, 1.807) is 6.07 Å². The Labute approximate surface area is 209 Å². The molecular formula is C28H30F2N4O2.